The number of nitrogens with one attached hydrogen (secondary N) is 1. The number of hydrogen-bond acceptors (Lipinski definition) is 2. The van der Waals surface area contributed by atoms with Gasteiger partial charge in [-0.1, -0.05) is 27.7 Å². The lowest BCUT2D eigenvalue weighted by Gasteiger charge is -2.16. The molecular weight excluding hydrogens is 214 g/mol. The minimum Gasteiger partial charge on any atom is -0.340 e. The molecule has 4 heteroatoms. The van der Waals surface area contributed by atoms with E-state index >= 15 is 0 Å². The fourth-order valence-corrected chi connectivity index (χ4v) is 1.49. The Kier molecular flexibility index (Phi) is 4.73. The molecule has 1 amide bonds. The highest BCUT2D eigenvalue weighted by Gasteiger charge is 2.16. The molecule has 0 atom stereocenters. The van der Waals surface area contributed by atoms with Crippen LogP contribution in [0.15, 0.2) is 6.07 Å². The lowest BCUT2D eigenvalue weighted by atomic mass is 10.1. The van der Waals surface area contributed by atoms with Crippen molar-refractivity contribution < 1.29 is 4.79 Å². The van der Waals surface area contributed by atoms with Gasteiger partial charge in [0.2, 0.25) is 0 Å². The summed E-state index contributed by atoms with van der Waals surface area (Å²) in [6.07, 6.45) is 1.02. The lowest BCUT2D eigenvalue weighted by molar-refractivity contribution is 0.0783. The smallest absolute Gasteiger partial charge is 0.274 e. The zero-order valence-corrected chi connectivity index (χ0v) is 11.4. The molecule has 0 aliphatic rings. The molecule has 0 aromatic carbocycles. The molecule has 1 heterocycles. The molecule has 1 rings (SSSR count). The number of hydrogen-bond donors (Lipinski definition) is 1. The Morgan fingerprint density at radius 3 is 2.53 bits per heavy atom. The quantitative estimate of drug-likeness (QED) is 0.856. The van der Waals surface area contributed by atoms with E-state index in [-0.39, 0.29) is 5.91 Å². The fourth-order valence-electron chi connectivity index (χ4n) is 1.49. The van der Waals surface area contributed by atoms with E-state index in [1.54, 1.807) is 4.90 Å². The molecule has 0 bridgehead atoms. The summed E-state index contributed by atoms with van der Waals surface area (Å²) >= 11 is 0. The largest absolute Gasteiger partial charge is 0.340 e. The van der Waals surface area contributed by atoms with Gasteiger partial charge in [0.25, 0.3) is 5.91 Å². The first kappa shape index (κ1) is 13.7. The molecule has 17 heavy (non-hydrogen) atoms. The van der Waals surface area contributed by atoms with Crippen LogP contribution < -0.4 is 0 Å². The molecule has 0 radical (unpaired) electrons. The van der Waals surface area contributed by atoms with Crippen molar-refractivity contribution in [3.05, 3.63) is 17.5 Å². The van der Waals surface area contributed by atoms with E-state index in [1.807, 2.05) is 13.1 Å². The maximum absolute atomic E-state index is 12.0. The predicted octanol–water partition coefficient (Wildman–Crippen LogP) is 2.65. The molecule has 0 saturated carbocycles. The Morgan fingerprint density at radius 2 is 2.06 bits per heavy atom. The van der Waals surface area contributed by atoms with Gasteiger partial charge in [0.05, 0.1) is 0 Å². The highest BCUT2D eigenvalue weighted by Crippen LogP contribution is 2.13. The van der Waals surface area contributed by atoms with E-state index in [9.17, 15) is 4.79 Å². The third-order valence-electron chi connectivity index (χ3n) is 2.83. The number of carbonyl (C=O) groups excluding carboxylic acids is 1. The molecule has 0 saturated heterocycles. The molecule has 4 nitrogen and oxygen atoms in total. The number of amides is 1. The van der Waals surface area contributed by atoms with E-state index in [1.165, 1.54) is 0 Å². The van der Waals surface area contributed by atoms with Crippen molar-refractivity contribution in [1.82, 2.24) is 15.1 Å². The number of nitrogens with zero attached hydrogens (tertiary/aromatic N) is 2. The van der Waals surface area contributed by atoms with Crippen molar-refractivity contribution in [1.29, 1.82) is 0 Å². The zero-order chi connectivity index (χ0) is 13.0. The first-order valence-electron chi connectivity index (χ1n) is 6.22. The normalized spacial score (nSPS) is 11.2. The van der Waals surface area contributed by atoms with Crippen LogP contribution >= 0.6 is 0 Å². The highest BCUT2D eigenvalue weighted by atomic mass is 16.2. The molecule has 0 fully saturated rings. The van der Waals surface area contributed by atoms with Crippen LogP contribution in [0.3, 0.4) is 0 Å². The monoisotopic (exact) mass is 237 g/mol. The maximum Gasteiger partial charge on any atom is 0.274 e. The van der Waals surface area contributed by atoms with E-state index in [4.69, 9.17) is 0 Å². The van der Waals surface area contributed by atoms with Gasteiger partial charge in [0.1, 0.15) is 5.69 Å². The van der Waals surface area contributed by atoms with Crippen LogP contribution in [0.2, 0.25) is 0 Å². The van der Waals surface area contributed by atoms with Gasteiger partial charge in [-0.25, -0.2) is 0 Å². The second-order valence-electron chi connectivity index (χ2n) is 5.27. The number of carbonyl (C=O) groups is 1. The van der Waals surface area contributed by atoms with Gasteiger partial charge in [0, 0.05) is 19.3 Å². The maximum atomic E-state index is 12.0. The fraction of sp³-hybridized carbons (Fsp3) is 0.692. The SMILES string of the molecule is CC(C)CCN(C)C(=O)c1cc(C(C)C)[nH]n1. The van der Waals surface area contributed by atoms with Crippen LogP contribution in [0.5, 0.6) is 0 Å². The molecule has 1 aromatic heterocycles. The predicted molar refractivity (Wildman–Crippen MR) is 69.1 cm³/mol. The minimum atomic E-state index is -0.00574. The summed E-state index contributed by atoms with van der Waals surface area (Å²) in [5.41, 5.74) is 1.52. The van der Waals surface area contributed by atoms with Crippen LogP contribution in [0.1, 0.15) is 56.2 Å². The van der Waals surface area contributed by atoms with Crippen LogP contribution in [-0.4, -0.2) is 34.6 Å². The Balaban J connectivity index is 2.61. The molecule has 0 aliphatic carbocycles. The van der Waals surface area contributed by atoms with E-state index < -0.39 is 0 Å². The minimum absolute atomic E-state index is 0.00574. The van der Waals surface area contributed by atoms with Crippen LogP contribution in [0, 0.1) is 5.92 Å². The van der Waals surface area contributed by atoms with Crippen LogP contribution in [0.25, 0.3) is 0 Å². The summed E-state index contributed by atoms with van der Waals surface area (Å²) in [5.74, 6) is 0.967. The van der Waals surface area contributed by atoms with Crippen molar-refractivity contribution in [2.75, 3.05) is 13.6 Å². The van der Waals surface area contributed by atoms with E-state index in [2.05, 4.69) is 37.9 Å². The molecule has 1 aromatic rings. The Bertz CT molecular complexity index is 368. The number of aromatic nitrogens is 2. The number of H-pyrrole nitrogens is 1. The van der Waals surface area contributed by atoms with Gasteiger partial charge in [0.15, 0.2) is 0 Å². The molecule has 0 spiro atoms. The van der Waals surface area contributed by atoms with Crippen LogP contribution in [-0.2, 0) is 0 Å². The van der Waals surface area contributed by atoms with Crippen molar-refractivity contribution in [3.63, 3.8) is 0 Å². The van der Waals surface area contributed by atoms with E-state index in [0.29, 0.717) is 17.5 Å². The second kappa shape index (κ2) is 5.84. The molecule has 0 aliphatic heterocycles. The third kappa shape index (κ3) is 3.88. The van der Waals surface area contributed by atoms with Crippen molar-refractivity contribution in [2.45, 2.75) is 40.0 Å². The number of aromatic amines is 1. The zero-order valence-electron chi connectivity index (χ0n) is 11.4. The first-order valence-corrected chi connectivity index (χ1v) is 6.22. The summed E-state index contributed by atoms with van der Waals surface area (Å²) < 4.78 is 0. The Hall–Kier alpha value is -1.32. The van der Waals surface area contributed by atoms with Gasteiger partial charge in [-0.3, -0.25) is 9.89 Å². The standard InChI is InChI=1S/C13H23N3O/c1-9(2)6-7-16(5)13(17)12-8-11(10(3)4)14-15-12/h8-10H,6-7H2,1-5H3,(H,14,15). The van der Waals surface area contributed by atoms with Crippen molar-refractivity contribution in [2.24, 2.45) is 5.92 Å². The summed E-state index contributed by atoms with van der Waals surface area (Å²) in [6, 6.07) is 1.85. The first-order chi connectivity index (χ1) is 7.91. The third-order valence-corrected chi connectivity index (χ3v) is 2.83. The summed E-state index contributed by atoms with van der Waals surface area (Å²) in [5, 5.41) is 6.98. The Labute approximate surface area is 103 Å². The van der Waals surface area contributed by atoms with Crippen molar-refractivity contribution in [3.8, 4) is 0 Å². The van der Waals surface area contributed by atoms with Crippen molar-refractivity contribution >= 4 is 5.91 Å². The summed E-state index contributed by atoms with van der Waals surface area (Å²) in [7, 11) is 1.83. The molecule has 0 unspecified atom stereocenters. The average molecular weight is 237 g/mol. The van der Waals surface area contributed by atoms with Gasteiger partial charge in [-0.2, -0.15) is 5.10 Å². The van der Waals surface area contributed by atoms with Gasteiger partial charge in [-0.15, -0.1) is 0 Å². The topological polar surface area (TPSA) is 49.0 Å². The van der Waals surface area contributed by atoms with Gasteiger partial charge < -0.3 is 4.90 Å². The average Bonchev–Trinajstić information content (AvgIpc) is 2.73. The molecule has 96 valence electrons. The highest BCUT2D eigenvalue weighted by molar-refractivity contribution is 5.92. The number of rotatable bonds is 5. The van der Waals surface area contributed by atoms with Crippen LogP contribution in [0.4, 0.5) is 0 Å². The molecular formula is C13H23N3O. The second-order valence-corrected chi connectivity index (χ2v) is 5.27. The summed E-state index contributed by atoms with van der Waals surface area (Å²) in [6.45, 7) is 9.24. The van der Waals surface area contributed by atoms with E-state index in [0.717, 1.165) is 18.7 Å². The van der Waals surface area contributed by atoms with Gasteiger partial charge in [-0.05, 0) is 24.3 Å². The Morgan fingerprint density at radius 1 is 1.41 bits per heavy atom. The molecule has 1 N–H and O–H groups in total. The summed E-state index contributed by atoms with van der Waals surface area (Å²) in [4.78, 5) is 13.8. The van der Waals surface area contributed by atoms with Gasteiger partial charge >= 0.3 is 0 Å². The lowest BCUT2D eigenvalue weighted by Crippen LogP contribution is -2.28.